The highest BCUT2D eigenvalue weighted by Gasteiger charge is 2.32. The van der Waals surface area contributed by atoms with E-state index in [2.05, 4.69) is 42.0 Å². The Morgan fingerprint density at radius 2 is 2.00 bits per heavy atom. The standard InChI is InChI=1S/C18H30N2O2S/c1-12(2)16(15-10-7-11-23-15)19-13-8-6-9-14(13)20-17(21)22-18(3,4)5/h7,10-14,16,19H,6,8-9H2,1-5H3,(H,20,21). The molecule has 0 bridgehead atoms. The second-order valence-corrected chi connectivity index (χ2v) is 8.67. The van der Waals surface area contributed by atoms with Gasteiger partial charge in [0.15, 0.2) is 0 Å². The fourth-order valence-electron chi connectivity index (χ4n) is 3.09. The topological polar surface area (TPSA) is 50.4 Å². The third kappa shape index (κ3) is 5.50. The van der Waals surface area contributed by atoms with Crippen LogP contribution in [0.4, 0.5) is 4.79 Å². The van der Waals surface area contributed by atoms with E-state index in [1.165, 1.54) is 4.88 Å². The molecular formula is C18H30N2O2S. The van der Waals surface area contributed by atoms with Gasteiger partial charge in [-0.1, -0.05) is 19.9 Å². The van der Waals surface area contributed by atoms with E-state index >= 15 is 0 Å². The van der Waals surface area contributed by atoms with Crippen LogP contribution in [0.3, 0.4) is 0 Å². The van der Waals surface area contributed by atoms with Crippen molar-refractivity contribution in [3.63, 3.8) is 0 Å². The molecule has 2 rings (SSSR count). The van der Waals surface area contributed by atoms with Gasteiger partial charge in [-0.15, -0.1) is 11.3 Å². The Bertz CT molecular complexity index is 494. The number of thiophene rings is 1. The zero-order chi connectivity index (χ0) is 17.0. The van der Waals surface area contributed by atoms with E-state index in [9.17, 15) is 4.79 Å². The number of carbonyl (C=O) groups is 1. The summed E-state index contributed by atoms with van der Waals surface area (Å²) in [4.78, 5) is 13.4. The molecule has 0 saturated heterocycles. The molecule has 1 fully saturated rings. The lowest BCUT2D eigenvalue weighted by Crippen LogP contribution is -2.49. The summed E-state index contributed by atoms with van der Waals surface area (Å²) in [5, 5.41) is 8.95. The van der Waals surface area contributed by atoms with E-state index in [1.54, 1.807) is 11.3 Å². The second kappa shape index (κ2) is 7.67. The summed E-state index contributed by atoms with van der Waals surface area (Å²) in [7, 11) is 0. The Kier molecular flexibility index (Phi) is 6.09. The summed E-state index contributed by atoms with van der Waals surface area (Å²) in [5.74, 6) is 0.511. The molecule has 1 heterocycles. The Morgan fingerprint density at radius 3 is 2.57 bits per heavy atom. The number of hydrogen-bond acceptors (Lipinski definition) is 4. The molecule has 1 saturated carbocycles. The first-order valence-electron chi connectivity index (χ1n) is 8.55. The molecule has 0 radical (unpaired) electrons. The third-order valence-electron chi connectivity index (χ3n) is 4.13. The summed E-state index contributed by atoms with van der Waals surface area (Å²) in [6.07, 6.45) is 2.92. The molecule has 23 heavy (non-hydrogen) atoms. The minimum atomic E-state index is -0.455. The maximum atomic E-state index is 12.0. The summed E-state index contributed by atoms with van der Waals surface area (Å²) in [6, 6.07) is 5.07. The molecule has 2 N–H and O–H groups in total. The van der Waals surface area contributed by atoms with Gasteiger partial charge in [0.25, 0.3) is 0 Å². The molecular weight excluding hydrogens is 308 g/mol. The van der Waals surface area contributed by atoms with Crippen LogP contribution in [-0.2, 0) is 4.74 Å². The number of ether oxygens (including phenoxy) is 1. The van der Waals surface area contributed by atoms with E-state index in [1.807, 2.05) is 20.8 Å². The number of nitrogens with one attached hydrogen (secondary N) is 2. The Balaban J connectivity index is 1.96. The summed E-state index contributed by atoms with van der Waals surface area (Å²) in [5.41, 5.74) is -0.455. The molecule has 1 aliphatic rings. The first kappa shape index (κ1) is 18.3. The van der Waals surface area contributed by atoms with E-state index < -0.39 is 5.60 Å². The van der Waals surface area contributed by atoms with Crippen molar-refractivity contribution in [2.45, 2.75) is 77.6 Å². The lowest BCUT2D eigenvalue weighted by atomic mass is 10.0. The van der Waals surface area contributed by atoms with Crippen molar-refractivity contribution in [1.82, 2.24) is 10.6 Å². The van der Waals surface area contributed by atoms with Crippen LogP contribution < -0.4 is 10.6 Å². The minimum Gasteiger partial charge on any atom is -0.444 e. The molecule has 1 aromatic heterocycles. The highest BCUT2D eigenvalue weighted by molar-refractivity contribution is 7.10. The molecule has 0 spiro atoms. The van der Waals surface area contributed by atoms with Crippen molar-refractivity contribution in [3.05, 3.63) is 22.4 Å². The maximum absolute atomic E-state index is 12.0. The zero-order valence-electron chi connectivity index (χ0n) is 14.9. The van der Waals surface area contributed by atoms with Crippen LogP contribution in [0.2, 0.25) is 0 Å². The predicted molar refractivity (Wildman–Crippen MR) is 95.8 cm³/mol. The molecule has 4 nitrogen and oxygen atoms in total. The van der Waals surface area contributed by atoms with Gasteiger partial charge in [0, 0.05) is 23.0 Å². The lowest BCUT2D eigenvalue weighted by molar-refractivity contribution is 0.0496. The quantitative estimate of drug-likeness (QED) is 0.832. The monoisotopic (exact) mass is 338 g/mol. The maximum Gasteiger partial charge on any atom is 0.407 e. The second-order valence-electron chi connectivity index (χ2n) is 7.69. The van der Waals surface area contributed by atoms with Crippen molar-refractivity contribution in [1.29, 1.82) is 0 Å². The first-order valence-corrected chi connectivity index (χ1v) is 9.43. The Labute approximate surface area is 144 Å². The van der Waals surface area contributed by atoms with Crippen LogP contribution in [0, 0.1) is 5.92 Å². The molecule has 0 aromatic carbocycles. The SMILES string of the molecule is CC(C)C(NC1CCCC1NC(=O)OC(C)(C)C)c1cccs1. The molecule has 3 atom stereocenters. The highest BCUT2D eigenvalue weighted by Crippen LogP contribution is 2.29. The highest BCUT2D eigenvalue weighted by atomic mass is 32.1. The molecule has 1 aromatic rings. The van der Waals surface area contributed by atoms with Crippen molar-refractivity contribution >= 4 is 17.4 Å². The van der Waals surface area contributed by atoms with Crippen molar-refractivity contribution in [2.75, 3.05) is 0 Å². The van der Waals surface area contributed by atoms with Crippen molar-refractivity contribution in [2.24, 2.45) is 5.92 Å². The number of hydrogen-bond donors (Lipinski definition) is 2. The van der Waals surface area contributed by atoms with Gasteiger partial charge in [-0.3, -0.25) is 0 Å². The Hall–Kier alpha value is -1.07. The smallest absolute Gasteiger partial charge is 0.407 e. The van der Waals surface area contributed by atoms with E-state index in [0.29, 0.717) is 18.0 Å². The van der Waals surface area contributed by atoms with Gasteiger partial charge in [0.2, 0.25) is 0 Å². The van der Waals surface area contributed by atoms with Gasteiger partial charge in [0.1, 0.15) is 5.60 Å². The first-order chi connectivity index (χ1) is 10.8. The molecule has 1 amide bonds. The normalized spacial score (nSPS) is 23.0. The summed E-state index contributed by atoms with van der Waals surface area (Å²) in [6.45, 7) is 10.2. The van der Waals surface area contributed by atoms with E-state index in [4.69, 9.17) is 4.74 Å². The van der Waals surface area contributed by atoms with Crippen molar-refractivity contribution < 1.29 is 9.53 Å². The van der Waals surface area contributed by atoms with Crippen LogP contribution in [-0.4, -0.2) is 23.8 Å². The molecule has 1 aliphatic carbocycles. The number of carbonyl (C=O) groups excluding carboxylic acids is 1. The van der Waals surface area contributed by atoms with Gasteiger partial charge in [-0.2, -0.15) is 0 Å². The number of alkyl carbamates (subject to hydrolysis) is 1. The van der Waals surface area contributed by atoms with Gasteiger partial charge in [-0.25, -0.2) is 4.79 Å². The summed E-state index contributed by atoms with van der Waals surface area (Å²) >= 11 is 1.79. The fourth-order valence-corrected chi connectivity index (χ4v) is 4.05. The largest absolute Gasteiger partial charge is 0.444 e. The number of amides is 1. The van der Waals surface area contributed by atoms with Crippen LogP contribution in [0.25, 0.3) is 0 Å². The fraction of sp³-hybridized carbons (Fsp3) is 0.722. The minimum absolute atomic E-state index is 0.145. The molecule has 5 heteroatoms. The molecule has 0 aliphatic heterocycles. The zero-order valence-corrected chi connectivity index (χ0v) is 15.7. The predicted octanol–water partition coefficient (Wildman–Crippen LogP) is 4.48. The number of rotatable bonds is 5. The van der Waals surface area contributed by atoms with Gasteiger partial charge >= 0.3 is 6.09 Å². The van der Waals surface area contributed by atoms with Gasteiger partial charge in [0.05, 0.1) is 0 Å². The third-order valence-corrected chi connectivity index (χ3v) is 5.08. The lowest BCUT2D eigenvalue weighted by Gasteiger charge is -2.30. The molecule has 3 unspecified atom stereocenters. The van der Waals surface area contributed by atoms with Crippen LogP contribution >= 0.6 is 11.3 Å². The van der Waals surface area contributed by atoms with Gasteiger partial charge in [-0.05, 0) is 57.4 Å². The Morgan fingerprint density at radius 1 is 1.30 bits per heavy atom. The van der Waals surface area contributed by atoms with E-state index in [-0.39, 0.29) is 12.1 Å². The molecule has 130 valence electrons. The average Bonchev–Trinajstić information content (AvgIpc) is 3.04. The van der Waals surface area contributed by atoms with Crippen LogP contribution in [0.5, 0.6) is 0 Å². The van der Waals surface area contributed by atoms with Crippen molar-refractivity contribution in [3.8, 4) is 0 Å². The van der Waals surface area contributed by atoms with Gasteiger partial charge < -0.3 is 15.4 Å². The summed E-state index contributed by atoms with van der Waals surface area (Å²) < 4.78 is 5.40. The average molecular weight is 339 g/mol. The van der Waals surface area contributed by atoms with E-state index in [0.717, 1.165) is 19.3 Å². The van der Waals surface area contributed by atoms with Crippen LogP contribution in [0.1, 0.15) is 64.8 Å². The van der Waals surface area contributed by atoms with Crippen LogP contribution in [0.15, 0.2) is 17.5 Å².